The molecule has 1 aliphatic rings. The molecule has 1 fully saturated rings. The highest BCUT2D eigenvalue weighted by atomic mass is 15.5. The molecular formula is C8H19N3. The van der Waals surface area contributed by atoms with Crippen LogP contribution in [-0.4, -0.2) is 38.2 Å². The lowest BCUT2D eigenvalue weighted by molar-refractivity contribution is 0.209. The average molecular weight is 157 g/mol. The van der Waals surface area contributed by atoms with Gasteiger partial charge in [0.25, 0.3) is 0 Å². The Balaban J connectivity index is 2.08. The Kier molecular flexibility index (Phi) is 3.83. The highest BCUT2D eigenvalue weighted by Gasteiger charge is 2.15. The molecule has 3 heteroatoms. The summed E-state index contributed by atoms with van der Waals surface area (Å²) < 4.78 is 0. The predicted octanol–water partition coefficient (Wildman–Crippen LogP) is 0.0522. The molecule has 0 amide bonds. The van der Waals surface area contributed by atoms with E-state index in [4.69, 9.17) is 0 Å². The van der Waals surface area contributed by atoms with Crippen LogP contribution in [0.15, 0.2) is 0 Å². The van der Waals surface area contributed by atoms with Crippen LogP contribution < -0.4 is 10.7 Å². The van der Waals surface area contributed by atoms with Gasteiger partial charge in [-0.3, -0.25) is 5.43 Å². The van der Waals surface area contributed by atoms with Crippen LogP contribution in [0.4, 0.5) is 0 Å². The molecule has 0 aromatic carbocycles. The predicted molar refractivity (Wildman–Crippen MR) is 47.3 cm³/mol. The van der Waals surface area contributed by atoms with E-state index in [1.165, 1.54) is 26.1 Å². The molecule has 2 N–H and O–H groups in total. The minimum atomic E-state index is 0.846. The third-order valence-corrected chi connectivity index (χ3v) is 2.12. The van der Waals surface area contributed by atoms with Crippen molar-refractivity contribution >= 4 is 0 Å². The maximum absolute atomic E-state index is 3.37. The fourth-order valence-corrected chi connectivity index (χ4v) is 1.59. The quantitative estimate of drug-likeness (QED) is 0.565. The van der Waals surface area contributed by atoms with Crippen LogP contribution >= 0.6 is 0 Å². The first-order valence-electron chi connectivity index (χ1n) is 4.48. The normalized spacial score (nSPS) is 24.8. The van der Waals surface area contributed by atoms with E-state index < -0.39 is 0 Å². The number of rotatable bonds is 4. The van der Waals surface area contributed by atoms with Gasteiger partial charge in [-0.25, -0.2) is 5.01 Å². The van der Waals surface area contributed by atoms with Gasteiger partial charge in [0.15, 0.2) is 0 Å². The van der Waals surface area contributed by atoms with E-state index in [-0.39, 0.29) is 0 Å². The summed E-state index contributed by atoms with van der Waals surface area (Å²) in [6.07, 6.45) is 1.33. The summed E-state index contributed by atoms with van der Waals surface area (Å²) in [5.41, 5.74) is 3.28. The zero-order valence-electron chi connectivity index (χ0n) is 7.56. The van der Waals surface area contributed by atoms with E-state index in [0.29, 0.717) is 0 Å². The topological polar surface area (TPSA) is 27.3 Å². The van der Waals surface area contributed by atoms with E-state index >= 15 is 0 Å². The summed E-state index contributed by atoms with van der Waals surface area (Å²) in [6, 6.07) is 0. The van der Waals surface area contributed by atoms with Gasteiger partial charge in [-0.1, -0.05) is 6.92 Å². The van der Waals surface area contributed by atoms with Crippen molar-refractivity contribution in [2.24, 2.45) is 5.92 Å². The van der Waals surface area contributed by atoms with Gasteiger partial charge in [-0.15, -0.1) is 0 Å². The summed E-state index contributed by atoms with van der Waals surface area (Å²) in [7, 11) is 2.11. The third-order valence-electron chi connectivity index (χ3n) is 2.12. The third kappa shape index (κ3) is 3.18. The Hall–Kier alpha value is -0.120. The molecule has 0 aromatic rings. The van der Waals surface area contributed by atoms with Gasteiger partial charge >= 0.3 is 0 Å². The van der Waals surface area contributed by atoms with Crippen LogP contribution in [0.1, 0.15) is 13.3 Å². The first-order chi connectivity index (χ1) is 5.33. The van der Waals surface area contributed by atoms with Gasteiger partial charge in [0.05, 0.1) is 0 Å². The number of nitrogens with zero attached hydrogens (tertiary/aromatic N) is 1. The number of hydrazine groups is 1. The minimum Gasteiger partial charge on any atom is -0.316 e. The maximum atomic E-state index is 3.37. The second-order valence-corrected chi connectivity index (χ2v) is 3.25. The Morgan fingerprint density at radius 3 is 3.00 bits per heavy atom. The zero-order chi connectivity index (χ0) is 8.10. The molecule has 1 rings (SSSR count). The van der Waals surface area contributed by atoms with Gasteiger partial charge in [-0.05, 0) is 25.4 Å². The monoisotopic (exact) mass is 157 g/mol. The lowest BCUT2D eigenvalue weighted by Crippen LogP contribution is -2.38. The van der Waals surface area contributed by atoms with Crippen molar-refractivity contribution in [3.8, 4) is 0 Å². The molecule has 1 aliphatic heterocycles. The largest absolute Gasteiger partial charge is 0.316 e. The van der Waals surface area contributed by atoms with E-state index in [1.54, 1.807) is 0 Å². The molecule has 1 unspecified atom stereocenters. The maximum Gasteiger partial charge on any atom is 0.0168 e. The second-order valence-electron chi connectivity index (χ2n) is 3.25. The first-order valence-corrected chi connectivity index (χ1v) is 4.48. The van der Waals surface area contributed by atoms with Crippen molar-refractivity contribution in [2.75, 3.05) is 33.2 Å². The van der Waals surface area contributed by atoms with Crippen molar-refractivity contribution in [1.29, 1.82) is 0 Å². The summed E-state index contributed by atoms with van der Waals surface area (Å²) in [4.78, 5) is 0. The van der Waals surface area contributed by atoms with Crippen LogP contribution in [0, 0.1) is 5.92 Å². The van der Waals surface area contributed by atoms with Gasteiger partial charge in [-0.2, -0.15) is 0 Å². The zero-order valence-corrected chi connectivity index (χ0v) is 7.56. The van der Waals surface area contributed by atoms with Crippen LogP contribution in [0.5, 0.6) is 0 Å². The van der Waals surface area contributed by atoms with Crippen molar-refractivity contribution in [1.82, 2.24) is 15.8 Å². The van der Waals surface area contributed by atoms with Gasteiger partial charge in [0, 0.05) is 20.1 Å². The fourth-order valence-electron chi connectivity index (χ4n) is 1.59. The lowest BCUT2D eigenvalue weighted by atomic mass is 10.1. The highest BCUT2D eigenvalue weighted by molar-refractivity contribution is 4.72. The molecule has 1 atom stereocenters. The van der Waals surface area contributed by atoms with Crippen molar-refractivity contribution in [2.45, 2.75) is 13.3 Å². The summed E-state index contributed by atoms with van der Waals surface area (Å²) in [6.45, 7) is 6.71. The van der Waals surface area contributed by atoms with Crippen LogP contribution in [0.2, 0.25) is 0 Å². The standard InChI is InChI=1S/C8H19N3/c1-3-10-11(2)7-8-4-5-9-6-8/h8-10H,3-7H2,1-2H3. The molecule has 1 heterocycles. The molecule has 0 spiro atoms. The Labute approximate surface area is 69.1 Å². The molecular weight excluding hydrogens is 138 g/mol. The molecule has 1 saturated heterocycles. The summed E-state index contributed by atoms with van der Waals surface area (Å²) >= 11 is 0. The summed E-state index contributed by atoms with van der Waals surface area (Å²) in [5, 5.41) is 5.56. The van der Waals surface area contributed by atoms with Crippen molar-refractivity contribution < 1.29 is 0 Å². The Bertz CT molecular complexity index is 99.5. The minimum absolute atomic E-state index is 0.846. The molecule has 0 aromatic heterocycles. The Morgan fingerprint density at radius 2 is 2.45 bits per heavy atom. The average Bonchev–Trinajstić information content (AvgIpc) is 2.40. The molecule has 11 heavy (non-hydrogen) atoms. The van der Waals surface area contributed by atoms with E-state index in [0.717, 1.165) is 12.5 Å². The molecule has 0 saturated carbocycles. The van der Waals surface area contributed by atoms with Crippen LogP contribution in [0.3, 0.4) is 0 Å². The van der Waals surface area contributed by atoms with E-state index in [1.807, 2.05) is 0 Å². The van der Waals surface area contributed by atoms with E-state index in [2.05, 4.69) is 29.7 Å². The van der Waals surface area contributed by atoms with Crippen LogP contribution in [-0.2, 0) is 0 Å². The number of hydrogen-bond donors (Lipinski definition) is 2. The number of nitrogens with one attached hydrogen (secondary N) is 2. The van der Waals surface area contributed by atoms with Gasteiger partial charge in [0.2, 0.25) is 0 Å². The molecule has 0 radical (unpaired) electrons. The molecule has 3 nitrogen and oxygen atoms in total. The molecule has 66 valence electrons. The Morgan fingerprint density at radius 1 is 1.64 bits per heavy atom. The van der Waals surface area contributed by atoms with Gasteiger partial charge in [0.1, 0.15) is 0 Å². The molecule has 0 bridgehead atoms. The van der Waals surface area contributed by atoms with E-state index in [9.17, 15) is 0 Å². The number of hydrogen-bond acceptors (Lipinski definition) is 3. The molecule has 0 aliphatic carbocycles. The van der Waals surface area contributed by atoms with Gasteiger partial charge < -0.3 is 5.32 Å². The SMILES string of the molecule is CCNN(C)CC1CCNC1. The lowest BCUT2D eigenvalue weighted by Gasteiger charge is -2.20. The fraction of sp³-hybridized carbons (Fsp3) is 1.00. The summed E-state index contributed by atoms with van der Waals surface area (Å²) in [5.74, 6) is 0.846. The smallest absolute Gasteiger partial charge is 0.0168 e. The van der Waals surface area contributed by atoms with Crippen LogP contribution in [0.25, 0.3) is 0 Å². The van der Waals surface area contributed by atoms with Crippen molar-refractivity contribution in [3.05, 3.63) is 0 Å². The second kappa shape index (κ2) is 4.70. The van der Waals surface area contributed by atoms with Crippen molar-refractivity contribution in [3.63, 3.8) is 0 Å². The first kappa shape index (κ1) is 8.97. The highest BCUT2D eigenvalue weighted by Crippen LogP contribution is 2.07.